The van der Waals surface area contributed by atoms with Crippen molar-refractivity contribution in [2.45, 2.75) is 9.67 Å². The molecule has 0 bridgehead atoms. The van der Waals surface area contributed by atoms with Crippen LogP contribution in [-0.4, -0.2) is 65.7 Å². The summed E-state index contributed by atoms with van der Waals surface area (Å²) in [5.41, 5.74) is 0. The van der Waals surface area contributed by atoms with E-state index in [0.29, 0.717) is 0 Å². The third kappa shape index (κ3) is 6.32. The van der Waals surface area contributed by atoms with Crippen LogP contribution in [0.5, 0.6) is 0 Å². The Hall–Kier alpha value is -0.500. The van der Waals surface area contributed by atoms with Gasteiger partial charge < -0.3 is 0 Å². The highest BCUT2D eigenvalue weighted by Gasteiger charge is 2.39. The van der Waals surface area contributed by atoms with E-state index in [9.17, 15) is 42.5 Å². The van der Waals surface area contributed by atoms with Crippen molar-refractivity contribution in [3.05, 3.63) is 0 Å². The predicted molar refractivity (Wildman–Crippen MR) is 62.6 cm³/mol. The molecule has 22 heavy (non-hydrogen) atoms. The summed E-state index contributed by atoms with van der Waals surface area (Å²) in [5.74, 6) is 0. The molecule has 0 radical (unpaired) electrons. The Morgan fingerprint density at radius 3 is 1.09 bits per heavy atom. The molecule has 0 saturated heterocycles. The van der Waals surface area contributed by atoms with Crippen LogP contribution < -0.4 is 0 Å². The Kier molecular flexibility index (Phi) is 6.79. The summed E-state index contributed by atoms with van der Waals surface area (Å²) >= 11 is 0. The van der Waals surface area contributed by atoms with E-state index in [0.717, 1.165) is 0 Å². The molecule has 0 fully saturated rings. The summed E-state index contributed by atoms with van der Waals surface area (Å²) in [7, 11) is -22.4. The summed E-state index contributed by atoms with van der Waals surface area (Å²) in [6.07, 6.45) is 0. The van der Waals surface area contributed by atoms with Gasteiger partial charge in [0.05, 0.1) is 13.2 Å². The lowest BCUT2D eigenvalue weighted by atomic mass is 10.8. The molecule has 0 spiro atoms. The van der Waals surface area contributed by atoms with Crippen molar-refractivity contribution >= 4 is 40.5 Å². The van der Waals surface area contributed by atoms with Crippen molar-refractivity contribution in [1.82, 2.24) is 0 Å². The maximum absolute atomic E-state index is 12.8. The van der Waals surface area contributed by atoms with Crippen LogP contribution in [0.3, 0.4) is 0 Å². The molecule has 18 heteroatoms. The zero-order valence-electron chi connectivity index (χ0n) is 9.93. The molecule has 0 saturated carbocycles. The number of halogens is 2. The first-order valence-corrected chi connectivity index (χ1v) is 10.4. The number of alkyl halides is 2. The summed E-state index contributed by atoms with van der Waals surface area (Å²) in [6, 6.07) is 0. The Morgan fingerprint density at radius 2 is 0.909 bits per heavy atom. The van der Waals surface area contributed by atoms with Crippen LogP contribution in [0.2, 0.25) is 0 Å². The molecule has 0 rings (SSSR count). The van der Waals surface area contributed by atoms with Crippen LogP contribution in [0.15, 0.2) is 0 Å². The van der Waals surface area contributed by atoms with Crippen molar-refractivity contribution < 1.29 is 59.9 Å². The molecular formula is C4H8F2O12S4. The van der Waals surface area contributed by atoms with Crippen molar-refractivity contribution in [3.8, 4) is 0 Å². The first-order valence-electron chi connectivity index (χ1n) is 4.49. The topological polar surface area (TPSA) is 195 Å². The van der Waals surface area contributed by atoms with E-state index in [2.05, 4.69) is 8.37 Å². The molecule has 0 amide bonds. The standard InChI is InChI=1S/C4H8F2O12S4/c5-3(19(7,8)9)21(13,14)17-1-2-18-22(15,16)4(6)20(10,11)12/h3-4H,1-2H2,(H,7,8,9)(H,10,11,12). The second kappa shape index (κ2) is 6.95. The lowest BCUT2D eigenvalue weighted by Gasteiger charge is -2.09. The van der Waals surface area contributed by atoms with E-state index >= 15 is 0 Å². The van der Waals surface area contributed by atoms with Gasteiger partial charge in [0.15, 0.2) is 0 Å². The fraction of sp³-hybridized carbons (Fsp3) is 1.00. The highest BCUT2D eigenvalue weighted by Crippen LogP contribution is 2.14. The summed E-state index contributed by atoms with van der Waals surface area (Å²) < 4.78 is 133. The first-order chi connectivity index (χ1) is 9.52. The van der Waals surface area contributed by atoms with Gasteiger partial charge in [-0.25, -0.2) is 8.78 Å². The molecule has 134 valence electrons. The summed E-state index contributed by atoms with van der Waals surface area (Å²) in [4.78, 5) is -7.77. The smallest absolute Gasteiger partial charge is 0.282 e. The maximum Gasteiger partial charge on any atom is 0.348 e. The second-order valence-corrected chi connectivity index (χ2v) is 9.96. The lowest BCUT2D eigenvalue weighted by Crippen LogP contribution is -2.30. The maximum atomic E-state index is 12.8. The van der Waals surface area contributed by atoms with Crippen LogP contribution >= 0.6 is 0 Å². The van der Waals surface area contributed by atoms with Crippen LogP contribution in [0.4, 0.5) is 8.78 Å². The minimum absolute atomic E-state index is 1.38. The van der Waals surface area contributed by atoms with Gasteiger partial charge in [0.1, 0.15) is 0 Å². The summed E-state index contributed by atoms with van der Waals surface area (Å²) in [5, 5.41) is 0. The van der Waals surface area contributed by atoms with Gasteiger partial charge in [-0.15, -0.1) is 0 Å². The third-order valence-electron chi connectivity index (χ3n) is 1.50. The zero-order valence-corrected chi connectivity index (χ0v) is 13.2. The van der Waals surface area contributed by atoms with E-state index in [1.807, 2.05) is 0 Å². The lowest BCUT2D eigenvalue weighted by molar-refractivity contribution is 0.214. The second-order valence-electron chi connectivity index (χ2n) is 3.21. The van der Waals surface area contributed by atoms with E-state index in [-0.39, 0.29) is 0 Å². The molecule has 0 aromatic rings. The van der Waals surface area contributed by atoms with Crippen molar-refractivity contribution in [3.63, 3.8) is 0 Å². The van der Waals surface area contributed by atoms with Crippen LogP contribution in [0.1, 0.15) is 0 Å². The van der Waals surface area contributed by atoms with Crippen molar-refractivity contribution in [2.75, 3.05) is 13.2 Å². The van der Waals surface area contributed by atoms with Gasteiger partial charge in [-0.05, 0) is 0 Å². The fourth-order valence-electron chi connectivity index (χ4n) is 0.705. The largest absolute Gasteiger partial charge is 0.348 e. The van der Waals surface area contributed by atoms with Gasteiger partial charge in [0.25, 0.3) is 0 Å². The van der Waals surface area contributed by atoms with E-state index in [1.165, 1.54) is 0 Å². The molecule has 2 N–H and O–H groups in total. The van der Waals surface area contributed by atoms with Crippen LogP contribution in [-0.2, 0) is 48.8 Å². The number of hydrogen-bond acceptors (Lipinski definition) is 10. The van der Waals surface area contributed by atoms with Crippen LogP contribution in [0, 0.1) is 0 Å². The Bertz CT molecular complexity index is 721. The molecule has 0 aromatic heterocycles. The van der Waals surface area contributed by atoms with Gasteiger partial charge in [-0.2, -0.15) is 33.7 Å². The fourth-order valence-corrected chi connectivity index (χ4v) is 4.24. The minimum atomic E-state index is -5.67. The van der Waals surface area contributed by atoms with Crippen molar-refractivity contribution in [1.29, 1.82) is 0 Å². The van der Waals surface area contributed by atoms with E-state index in [4.69, 9.17) is 9.11 Å². The summed E-state index contributed by atoms with van der Waals surface area (Å²) in [6.45, 7) is -2.76. The SMILES string of the molecule is O=S(=O)(O)C(F)S(=O)(=O)OCCOS(=O)(=O)C(F)S(=O)(=O)O. The molecular weight excluding hydrogens is 406 g/mol. The van der Waals surface area contributed by atoms with E-state index in [1.54, 1.807) is 0 Å². The Labute approximate surface area is 123 Å². The first kappa shape index (κ1) is 21.5. The van der Waals surface area contributed by atoms with Gasteiger partial charge in [0.2, 0.25) is 0 Å². The van der Waals surface area contributed by atoms with Crippen molar-refractivity contribution in [2.24, 2.45) is 0 Å². The predicted octanol–water partition coefficient (Wildman–Crippen LogP) is -2.04. The number of rotatable bonds is 9. The van der Waals surface area contributed by atoms with Crippen LogP contribution in [0.25, 0.3) is 0 Å². The normalized spacial score (nSPS) is 17.1. The average molecular weight is 414 g/mol. The molecule has 0 heterocycles. The molecule has 0 aliphatic rings. The third-order valence-corrected chi connectivity index (χ3v) is 7.21. The average Bonchev–Trinajstić information content (AvgIpc) is 2.30. The van der Waals surface area contributed by atoms with Gasteiger partial charge in [-0.1, -0.05) is 0 Å². The van der Waals surface area contributed by atoms with Gasteiger partial charge in [-0.3, -0.25) is 17.5 Å². The molecule has 12 nitrogen and oxygen atoms in total. The highest BCUT2D eigenvalue weighted by molar-refractivity contribution is 8.04. The zero-order chi connectivity index (χ0) is 18.0. The van der Waals surface area contributed by atoms with Gasteiger partial charge in [0, 0.05) is 0 Å². The number of hydrogen-bond donors (Lipinski definition) is 2. The molecule has 2 unspecified atom stereocenters. The molecule has 2 atom stereocenters. The Morgan fingerprint density at radius 1 is 0.682 bits per heavy atom. The van der Waals surface area contributed by atoms with Gasteiger partial charge >= 0.3 is 50.1 Å². The highest BCUT2D eigenvalue weighted by atomic mass is 32.3. The minimum Gasteiger partial charge on any atom is -0.282 e. The molecule has 0 aliphatic carbocycles. The molecule has 0 aliphatic heterocycles. The molecule has 0 aromatic carbocycles. The quantitative estimate of drug-likeness (QED) is 0.239. The van der Waals surface area contributed by atoms with E-state index < -0.39 is 63.4 Å². The monoisotopic (exact) mass is 414 g/mol. The Balaban J connectivity index is 4.71.